The lowest BCUT2D eigenvalue weighted by Crippen LogP contribution is -2.60. The smallest absolute Gasteiger partial charge is 0.253 e. The molecule has 3 N–H and O–H groups in total. The van der Waals surface area contributed by atoms with Gasteiger partial charge in [0.15, 0.2) is 0 Å². The van der Waals surface area contributed by atoms with Crippen molar-refractivity contribution in [1.29, 1.82) is 0 Å². The lowest BCUT2D eigenvalue weighted by molar-refractivity contribution is -0.110. The van der Waals surface area contributed by atoms with E-state index in [2.05, 4.69) is 5.32 Å². The van der Waals surface area contributed by atoms with E-state index in [4.69, 9.17) is 11.6 Å². The fourth-order valence-corrected chi connectivity index (χ4v) is 3.28. The Morgan fingerprint density at radius 2 is 1.88 bits per heavy atom. The predicted molar refractivity (Wildman–Crippen MR) is 101 cm³/mol. The molecule has 1 fully saturated rings. The number of halogens is 1. The number of benzene rings is 2. The minimum Gasteiger partial charge on any atom is -0.388 e. The Balaban J connectivity index is 1.55. The standard InChI is InChI=1S/C20H23ClN2O3/c21-17-8-6-16(7-9-17)19(25)23-11-10-20(26,18(24)13-23)14-22-12-15-4-2-1-3-5-15/h1-9,18,22,24,26H,10-14H2/t18-,20-/m0/s1. The number of carbonyl (C=O) groups is 1. The molecule has 0 radical (unpaired) electrons. The summed E-state index contributed by atoms with van der Waals surface area (Å²) in [4.78, 5) is 14.1. The molecule has 138 valence electrons. The summed E-state index contributed by atoms with van der Waals surface area (Å²) in [6.07, 6.45) is -0.689. The molecule has 0 aromatic heterocycles. The summed E-state index contributed by atoms with van der Waals surface area (Å²) < 4.78 is 0. The van der Waals surface area contributed by atoms with Crippen LogP contribution in [0.1, 0.15) is 22.3 Å². The Kier molecular flexibility index (Phi) is 5.94. The van der Waals surface area contributed by atoms with Crippen LogP contribution in [0.2, 0.25) is 5.02 Å². The first-order valence-electron chi connectivity index (χ1n) is 8.68. The van der Waals surface area contributed by atoms with Crippen LogP contribution in [-0.2, 0) is 6.54 Å². The highest BCUT2D eigenvalue weighted by Gasteiger charge is 2.41. The summed E-state index contributed by atoms with van der Waals surface area (Å²) >= 11 is 5.85. The summed E-state index contributed by atoms with van der Waals surface area (Å²) in [7, 11) is 0. The third-order valence-electron chi connectivity index (χ3n) is 4.81. The highest BCUT2D eigenvalue weighted by atomic mass is 35.5. The summed E-state index contributed by atoms with van der Waals surface area (Å²) in [6.45, 7) is 1.38. The van der Waals surface area contributed by atoms with E-state index in [1.807, 2.05) is 30.3 Å². The van der Waals surface area contributed by atoms with Gasteiger partial charge in [0.1, 0.15) is 11.7 Å². The van der Waals surface area contributed by atoms with Crippen molar-refractivity contribution in [3.05, 3.63) is 70.7 Å². The monoisotopic (exact) mass is 374 g/mol. The van der Waals surface area contributed by atoms with Gasteiger partial charge in [0, 0.05) is 36.8 Å². The second-order valence-corrected chi connectivity index (χ2v) is 7.15. The fraction of sp³-hybridized carbons (Fsp3) is 0.350. The van der Waals surface area contributed by atoms with Gasteiger partial charge < -0.3 is 20.4 Å². The number of piperidine rings is 1. The zero-order chi connectivity index (χ0) is 18.6. The van der Waals surface area contributed by atoms with Crippen LogP contribution < -0.4 is 5.32 Å². The number of aliphatic hydroxyl groups excluding tert-OH is 1. The topological polar surface area (TPSA) is 72.8 Å². The van der Waals surface area contributed by atoms with Gasteiger partial charge in [-0.15, -0.1) is 0 Å². The molecule has 0 aliphatic carbocycles. The van der Waals surface area contributed by atoms with E-state index in [9.17, 15) is 15.0 Å². The van der Waals surface area contributed by atoms with Gasteiger partial charge in [0.05, 0.1) is 0 Å². The van der Waals surface area contributed by atoms with Crippen molar-refractivity contribution < 1.29 is 15.0 Å². The van der Waals surface area contributed by atoms with Gasteiger partial charge in [0.25, 0.3) is 5.91 Å². The van der Waals surface area contributed by atoms with Crippen LogP contribution in [-0.4, -0.2) is 52.4 Å². The molecule has 2 aromatic rings. The molecule has 3 rings (SSSR count). The van der Waals surface area contributed by atoms with E-state index >= 15 is 0 Å². The molecule has 5 nitrogen and oxygen atoms in total. The normalized spacial score (nSPS) is 23.0. The zero-order valence-electron chi connectivity index (χ0n) is 14.4. The number of rotatable bonds is 5. The van der Waals surface area contributed by atoms with Crippen LogP contribution in [0.3, 0.4) is 0 Å². The van der Waals surface area contributed by atoms with Crippen molar-refractivity contribution >= 4 is 17.5 Å². The van der Waals surface area contributed by atoms with Crippen molar-refractivity contribution in [2.75, 3.05) is 19.6 Å². The second kappa shape index (κ2) is 8.18. The molecule has 2 atom stereocenters. The Morgan fingerprint density at radius 1 is 1.19 bits per heavy atom. The van der Waals surface area contributed by atoms with Gasteiger partial charge in [-0.1, -0.05) is 41.9 Å². The first-order chi connectivity index (χ1) is 12.5. The van der Waals surface area contributed by atoms with Crippen molar-refractivity contribution in [2.24, 2.45) is 0 Å². The predicted octanol–water partition coefficient (Wildman–Crippen LogP) is 2.07. The third kappa shape index (κ3) is 4.43. The Morgan fingerprint density at radius 3 is 2.54 bits per heavy atom. The molecule has 1 heterocycles. The molecule has 2 aromatic carbocycles. The Hall–Kier alpha value is -1.92. The second-order valence-electron chi connectivity index (χ2n) is 6.72. The lowest BCUT2D eigenvalue weighted by atomic mass is 9.88. The number of likely N-dealkylation sites (tertiary alicyclic amines) is 1. The van der Waals surface area contributed by atoms with Crippen molar-refractivity contribution in [3.63, 3.8) is 0 Å². The first kappa shape index (κ1) is 18.9. The van der Waals surface area contributed by atoms with Crippen molar-refractivity contribution in [2.45, 2.75) is 24.7 Å². The van der Waals surface area contributed by atoms with Gasteiger partial charge in [0.2, 0.25) is 0 Å². The first-order valence-corrected chi connectivity index (χ1v) is 9.06. The van der Waals surface area contributed by atoms with Gasteiger partial charge in [-0.3, -0.25) is 4.79 Å². The summed E-state index contributed by atoms with van der Waals surface area (Å²) in [5, 5.41) is 25.0. The molecule has 1 aliphatic heterocycles. The molecule has 0 unspecified atom stereocenters. The van der Waals surface area contributed by atoms with Crippen LogP contribution in [0.15, 0.2) is 54.6 Å². The van der Waals surface area contributed by atoms with Gasteiger partial charge in [-0.2, -0.15) is 0 Å². The molecular weight excluding hydrogens is 352 g/mol. The fourth-order valence-electron chi connectivity index (χ4n) is 3.15. The van der Waals surface area contributed by atoms with Crippen LogP contribution in [0.5, 0.6) is 0 Å². The van der Waals surface area contributed by atoms with E-state index in [1.165, 1.54) is 0 Å². The molecule has 1 amide bonds. The number of hydrogen-bond acceptors (Lipinski definition) is 4. The minimum absolute atomic E-state index is 0.102. The van der Waals surface area contributed by atoms with E-state index < -0.39 is 11.7 Å². The molecule has 6 heteroatoms. The van der Waals surface area contributed by atoms with Gasteiger partial charge in [-0.25, -0.2) is 0 Å². The number of nitrogens with one attached hydrogen (secondary N) is 1. The highest BCUT2D eigenvalue weighted by molar-refractivity contribution is 6.30. The summed E-state index contributed by atoms with van der Waals surface area (Å²) in [6, 6.07) is 16.5. The zero-order valence-corrected chi connectivity index (χ0v) is 15.2. The van der Waals surface area contributed by atoms with E-state index in [1.54, 1.807) is 29.2 Å². The SMILES string of the molecule is O=C(c1ccc(Cl)cc1)N1CC[C@](O)(CNCc2ccccc2)[C@@H](O)C1. The minimum atomic E-state index is -1.24. The lowest BCUT2D eigenvalue weighted by Gasteiger charge is -2.42. The third-order valence-corrected chi connectivity index (χ3v) is 5.06. The van der Waals surface area contributed by atoms with Crippen molar-refractivity contribution in [1.82, 2.24) is 10.2 Å². The molecule has 0 bridgehead atoms. The molecule has 1 aliphatic rings. The number of hydrogen-bond donors (Lipinski definition) is 3. The highest BCUT2D eigenvalue weighted by Crippen LogP contribution is 2.24. The maximum Gasteiger partial charge on any atom is 0.253 e. The molecular formula is C20H23ClN2O3. The van der Waals surface area contributed by atoms with Crippen LogP contribution in [0, 0.1) is 0 Å². The van der Waals surface area contributed by atoms with E-state index in [-0.39, 0.29) is 19.0 Å². The maximum absolute atomic E-state index is 12.5. The van der Waals surface area contributed by atoms with E-state index in [0.717, 1.165) is 5.56 Å². The molecule has 1 saturated heterocycles. The van der Waals surface area contributed by atoms with Gasteiger partial charge >= 0.3 is 0 Å². The molecule has 0 saturated carbocycles. The van der Waals surface area contributed by atoms with Gasteiger partial charge in [-0.05, 0) is 36.2 Å². The quantitative estimate of drug-likeness (QED) is 0.749. The largest absolute Gasteiger partial charge is 0.388 e. The Labute approximate surface area is 158 Å². The number of amides is 1. The number of carbonyl (C=O) groups excluding carboxylic acids is 1. The molecule has 26 heavy (non-hydrogen) atoms. The van der Waals surface area contributed by atoms with E-state index in [0.29, 0.717) is 30.1 Å². The summed E-state index contributed by atoms with van der Waals surface area (Å²) in [5.41, 5.74) is 0.390. The van der Waals surface area contributed by atoms with Crippen LogP contribution >= 0.6 is 11.6 Å². The number of nitrogens with zero attached hydrogens (tertiary/aromatic N) is 1. The number of aliphatic hydroxyl groups is 2. The van der Waals surface area contributed by atoms with Crippen LogP contribution in [0.4, 0.5) is 0 Å². The summed E-state index contributed by atoms with van der Waals surface area (Å²) in [5.74, 6) is -0.167. The molecule has 0 spiro atoms. The average molecular weight is 375 g/mol. The van der Waals surface area contributed by atoms with Crippen LogP contribution in [0.25, 0.3) is 0 Å². The maximum atomic E-state index is 12.5. The Bertz CT molecular complexity index is 738. The van der Waals surface area contributed by atoms with Crippen molar-refractivity contribution in [3.8, 4) is 0 Å². The number of β-amino-alcohol motifs (C(OH)–C–C–N with tert-alkyl or cyclic N) is 1. The average Bonchev–Trinajstić information content (AvgIpc) is 2.65.